The van der Waals surface area contributed by atoms with Crippen molar-refractivity contribution in [2.45, 2.75) is 14.1 Å². The maximum Gasteiger partial charge on any atom is 0.365 e. The molecule has 0 radical (unpaired) electrons. The summed E-state index contributed by atoms with van der Waals surface area (Å²) in [7, 11) is 0. The average molecular weight is 524 g/mol. The van der Waals surface area contributed by atoms with Crippen molar-refractivity contribution >= 4 is 99.0 Å². The van der Waals surface area contributed by atoms with E-state index < -0.39 is 43.7 Å². The van der Waals surface area contributed by atoms with Gasteiger partial charge in [0.1, 0.15) is 9.75 Å². The number of rotatable bonds is 2. The highest BCUT2D eigenvalue weighted by molar-refractivity contribution is 6.66. The molecule has 1 aliphatic heterocycles. The zero-order valence-corrected chi connectivity index (χ0v) is 18.5. The Kier molecular flexibility index (Phi) is 4.69. The molecule has 2 aliphatic carbocycles. The first-order chi connectivity index (χ1) is 12.9. The van der Waals surface area contributed by atoms with Gasteiger partial charge in [-0.05, 0) is 12.1 Å². The van der Waals surface area contributed by atoms with Crippen LogP contribution in [0.2, 0.25) is 5.02 Å². The van der Waals surface area contributed by atoms with E-state index in [1.165, 1.54) is 18.2 Å². The molecule has 0 aromatic heterocycles. The molecule has 5 nitrogen and oxygen atoms in total. The highest BCUT2D eigenvalue weighted by Crippen LogP contribution is 2.77. The van der Waals surface area contributed by atoms with E-state index in [0.717, 1.165) is 0 Å². The summed E-state index contributed by atoms with van der Waals surface area (Å²) in [5.74, 6) is -5.74. The first-order valence-electron chi connectivity index (χ1n) is 7.58. The molecule has 0 N–H and O–H groups in total. The fourth-order valence-corrected chi connectivity index (χ4v) is 6.96. The van der Waals surface area contributed by atoms with Crippen LogP contribution in [0.4, 0.5) is 0 Å². The first-order valence-corrected chi connectivity index (χ1v) is 10.2. The Hall–Kier alpha value is -0.400. The van der Waals surface area contributed by atoms with Crippen molar-refractivity contribution < 1.29 is 19.2 Å². The maximum absolute atomic E-state index is 12.9. The molecule has 1 aromatic rings. The van der Waals surface area contributed by atoms with Gasteiger partial charge in [-0.2, -0.15) is 0 Å². The number of fused-ring (bicyclic) bond motifs is 5. The number of allylic oxidation sites excluding steroid dienone is 2. The van der Waals surface area contributed by atoms with Crippen LogP contribution >= 0.6 is 81.2 Å². The minimum Gasteiger partial charge on any atom is -0.325 e. The Bertz CT molecular complexity index is 949. The van der Waals surface area contributed by atoms with E-state index in [0.29, 0.717) is 0 Å². The fourth-order valence-electron chi connectivity index (χ4n) is 3.82. The largest absolute Gasteiger partial charge is 0.365 e. The van der Waals surface area contributed by atoms with Gasteiger partial charge < -0.3 is 4.84 Å². The Morgan fingerprint density at radius 3 is 1.82 bits per heavy atom. The van der Waals surface area contributed by atoms with E-state index in [9.17, 15) is 14.4 Å². The van der Waals surface area contributed by atoms with Crippen LogP contribution < -0.4 is 0 Å². The van der Waals surface area contributed by atoms with Gasteiger partial charge in [0.2, 0.25) is 0 Å². The smallest absolute Gasteiger partial charge is 0.325 e. The van der Waals surface area contributed by atoms with Gasteiger partial charge in [-0.3, -0.25) is 9.59 Å². The molecule has 0 spiro atoms. The topological polar surface area (TPSA) is 63.7 Å². The van der Waals surface area contributed by atoms with Crippen LogP contribution in [0, 0.1) is 11.8 Å². The minimum absolute atomic E-state index is 0.0517. The molecule has 1 heterocycles. The van der Waals surface area contributed by atoms with Crippen LogP contribution in [0.15, 0.2) is 34.3 Å². The van der Waals surface area contributed by atoms with E-state index >= 15 is 0 Å². The molecular formula is C16H6Cl7NO4. The molecule has 2 fully saturated rings. The molecular weight excluding hydrogens is 518 g/mol. The Morgan fingerprint density at radius 2 is 1.36 bits per heavy atom. The third-order valence-electron chi connectivity index (χ3n) is 5.14. The van der Waals surface area contributed by atoms with Gasteiger partial charge in [-0.15, -0.1) is 28.3 Å². The molecule has 148 valence electrons. The zero-order valence-electron chi connectivity index (χ0n) is 13.2. The number of carbonyl (C=O) groups excluding carboxylic acids is 3. The molecule has 2 bridgehead atoms. The molecule has 28 heavy (non-hydrogen) atoms. The highest BCUT2D eigenvalue weighted by Gasteiger charge is 2.88. The van der Waals surface area contributed by atoms with E-state index in [4.69, 9.17) is 86.0 Å². The predicted octanol–water partition coefficient (Wildman–Crippen LogP) is 4.86. The lowest BCUT2D eigenvalue weighted by molar-refractivity contribution is -0.175. The van der Waals surface area contributed by atoms with Crippen LogP contribution in [0.3, 0.4) is 0 Å². The molecule has 1 saturated carbocycles. The van der Waals surface area contributed by atoms with Crippen molar-refractivity contribution in [1.82, 2.24) is 5.06 Å². The lowest BCUT2D eigenvalue weighted by Crippen LogP contribution is -2.50. The molecule has 4 rings (SSSR count). The molecule has 4 atom stereocenters. The van der Waals surface area contributed by atoms with Crippen molar-refractivity contribution in [3.63, 3.8) is 0 Å². The number of halogens is 7. The zero-order chi connectivity index (χ0) is 20.8. The molecule has 2 amide bonds. The summed E-state index contributed by atoms with van der Waals surface area (Å²) in [6.07, 6.45) is 0. The minimum atomic E-state index is -2.06. The second kappa shape index (κ2) is 6.30. The van der Waals surface area contributed by atoms with E-state index in [1.54, 1.807) is 6.07 Å². The maximum atomic E-state index is 12.9. The van der Waals surface area contributed by atoms with Crippen molar-refractivity contribution in [2.75, 3.05) is 0 Å². The Morgan fingerprint density at radius 1 is 0.893 bits per heavy atom. The highest BCUT2D eigenvalue weighted by atomic mass is 35.5. The van der Waals surface area contributed by atoms with Gasteiger partial charge in [0.15, 0.2) is 4.33 Å². The number of amides is 2. The van der Waals surface area contributed by atoms with Crippen LogP contribution in [0.25, 0.3) is 0 Å². The van der Waals surface area contributed by atoms with Gasteiger partial charge in [0.25, 0.3) is 11.8 Å². The summed E-state index contributed by atoms with van der Waals surface area (Å²) in [5.41, 5.74) is -0.0517. The average Bonchev–Trinajstić information content (AvgIpc) is 3.01. The summed E-state index contributed by atoms with van der Waals surface area (Å²) < 4.78 is -2.06. The summed E-state index contributed by atoms with van der Waals surface area (Å²) >= 11 is 44.1. The fraction of sp³-hybridized carbons (Fsp3) is 0.312. The van der Waals surface area contributed by atoms with Crippen LogP contribution in [-0.2, 0) is 14.4 Å². The number of hydrogen-bond acceptors (Lipinski definition) is 4. The lowest BCUT2D eigenvalue weighted by Gasteiger charge is -2.34. The predicted molar refractivity (Wildman–Crippen MR) is 106 cm³/mol. The number of nitrogens with zero attached hydrogens (tertiary/aromatic N) is 1. The molecule has 1 saturated heterocycles. The number of carbonyl (C=O) groups is 3. The Balaban J connectivity index is 1.74. The summed E-state index contributed by atoms with van der Waals surface area (Å²) in [4.78, 5) is 39.3. The van der Waals surface area contributed by atoms with Crippen LogP contribution in [0.5, 0.6) is 0 Å². The molecule has 1 aromatic carbocycles. The van der Waals surface area contributed by atoms with Gasteiger partial charge in [-0.25, -0.2) is 4.79 Å². The van der Waals surface area contributed by atoms with E-state index in [1.807, 2.05) is 0 Å². The van der Waals surface area contributed by atoms with Crippen molar-refractivity contribution in [3.05, 3.63) is 44.9 Å². The summed E-state index contributed by atoms with van der Waals surface area (Å²) in [6.45, 7) is 0. The SMILES string of the molecule is O=C(ON1C(=O)[C@@H]2[C@H](C1=O)[C@]1(Cl)C(Cl)=C(Cl)[C@]2(Cl)C1(Cl)Cl)c1ccccc1Cl. The molecule has 0 unspecified atom stereocenters. The van der Waals surface area contributed by atoms with Gasteiger partial charge in [0.05, 0.1) is 32.5 Å². The third-order valence-corrected chi connectivity index (χ3v) is 9.72. The van der Waals surface area contributed by atoms with Gasteiger partial charge in [0, 0.05) is 0 Å². The van der Waals surface area contributed by atoms with Crippen LogP contribution in [-0.4, -0.2) is 36.9 Å². The summed E-state index contributed by atoms with van der Waals surface area (Å²) in [6, 6.07) is 5.94. The third kappa shape index (κ3) is 2.16. The van der Waals surface area contributed by atoms with Gasteiger partial charge >= 0.3 is 5.97 Å². The van der Waals surface area contributed by atoms with E-state index in [-0.39, 0.29) is 25.7 Å². The van der Waals surface area contributed by atoms with Crippen molar-refractivity contribution in [2.24, 2.45) is 11.8 Å². The Labute approximate surface area is 193 Å². The number of hydrogen-bond donors (Lipinski definition) is 0. The number of hydroxylamine groups is 2. The standard InChI is InChI=1S/C16H6Cl7NO4/c17-6-4-2-1-3-5(6)13(27)28-24-11(25)7-8(12(24)26)15(21)10(19)9(18)14(7,20)16(15,22)23/h1-4,7-8H/t7-,8+,14-,15-/m0/s1. The van der Waals surface area contributed by atoms with Crippen LogP contribution in [0.1, 0.15) is 10.4 Å². The number of imide groups is 1. The first kappa shape index (κ1) is 20.9. The number of alkyl halides is 4. The quantitative estimate of drug-likeness (QED) is 0.410. The summed E-state index contributed by atoms with van der Waals surface area (Å²) in [5, 5.41) is -0.129. The number of benzene rings is 1. The second-order valence-corrected chi connectivity index (χ2v) is 10.1. The monoisotopic (exact) mass is 521 g/mol. The van der Waals surface area contributed by atoms with Crippen molar-refractivity contribution in [1.29, 1.82) is 0 Å². The lowest BCUT2D eigenvalue weighted by atomic mass is 9.84. The molecule has 12 heteroatoms. The molecule has 3 aliphatic rings. The van der Waals surface area contributed by atoms with Crippen molar-refractivity contribution in [3.8, 4) is 0 Å². The second-order valence-electron chi connectivity index (χ2n) is 6.41. The van der Waals surface area contributed by atoms with Gasteiger partial charge in [-0.1, -0.05) is 70.1 Å². The normalized spacial score (nSPS) is 35.6. The van der Waals surface area contributed by atoms with E-state index in [2.05, 4.69) is 0 Å².